The fourth-order valence-corrected chi connectivity index (χ4v) is 18.3. The summed E-state index contributed by atoms with van der Waals surface area (Å²) in [5, 5.41) is 10.1. The Morgan fingerprint density at radius 3 is 1.18 bits per heavy atom. The summed E-state index contributed by atoms with van der Waals surface area (Å²) >= 11 is 12.2. The van der Waals surface area contributed by atoms with E-state index < -0.39 is 11.2 Å². The first-order valence-corrected chi connectivity index (χ1v) is 38.9. The molecule has 3 atom stereocenters. The minimum atomic E-state index is -0.521. The third kappa shape index (κ3) is 19.5. The largest absolute Gasteiger partial charge is 1.00 e. The van der Waals surface area contributed by atoms with Crippen molar-refractivity contribution in [3.8, 4) is 0 Å². The van der Waals surface area contributed by atoms with E-state index in [-0.39, 0.29) is 76.1 Å². The Balaban J connectivity index is 0.000000144. The third-order valence-electron chi connectivity index (χ3n) is 21.1. The van der Waals surface area contributed by atoms with Gasteiger partial charge in [0.15, 0.2) is 0 Å². The topological polar surface area (TPSA) is 217 Å². The molecule has 19 nitrogen and oxygen atoms in total. The summed E-state index contributed by atoms with van der Waals surface area (Å²) in [5.74, 6) is 2.79. The number of aromatic nitrogens is 6. The number of nitrogens with two attached hydrogens (primary N) is 1. The molecule has 4 N–H and O–H groups in total. The van der Waals surface area contributed by atoms with Crippen LogP contribution in [-0.2, 0) is 55.6 Å². The molecule has 15 rings (SSSR count). The molecule has 0 radical (unpaired) electrons. The van der Waals surface area contributed by atoms with Gasteiger partial charge in [-0.15, -0.1) is 23.5 Å². The predicted octanol–water partition coefficient (Wildman–Crippen LogP) is 11.1. The number of nitrogens with one attached hydrogen (secondary N) is 2. The van der Waals surface area contributed by atoms with Crippen LogP contribution in [0, 0.1) is 16.2 Å². The van der Waals surface area contributed by atoms with Gasteiger partial charge in [-0.2, -0.15) is 0 Å². The van der Waals surface area contributed by atoms with Gasteiger partial charge in [0.1, 0.15) is 38.7 Å². The summed E-state index contributed by atoms with van der Waals surface area (Å²) in [6.45, 7) is 22.2. The molecular formula is C76H100BrN12NaO7S3. The van der Waals surface area contributed by atoms with Crippen LogP contribution in [0.15, 0.2) is 125 Å². The number of alkyl halides is 1. The number of hydrogen-bond donors (Lipinski definition) is 3. The van der Waals surface area contributed by atoms with Gasteiger partial charge in [-0.3, -0.25) is 4.98 Å². The number of ether oxygens (including phenoxy) is 5. The zero-order chi connectivity index (χ0) is 69.2. The van der Waals surface area contributed by atoms with Crippen LogP contribution in [0.2, 0.25) is 0 Å². The second-order valence-corrected chi connectivity index (χ2v) is 34.5. The summed E-state index contributed by atoms with van der Waals surface area (Å²) in [6, 6.07) is 25.7. The number of thioether (sulfide) groups is 2. The number of carbonyl (C=O) groups excluding carboxylic acids is 2. The van der Waals surface area contributed by atoms with Crippen LogP contribution < -0.4 is 60.6 Å². The first-order chi connectivity index (χ1) is 47.7. The van der Waals surface area contributed by atoms with Gasteiger partial charge in [0.25, 0.3) is 0 Å². The van der Waals surface area contributed by atoms with Gasteiger partial charge in [-0.05, 0) is 177 Å². The van der Waals surface area contributed by atoms with Gasteiger partial charge in [0, 0.05) is 117 Å². The van der Waals surface area contributed by atoms with Crippen LogP contribution >= 0.6 is 39.5 Å². The molecule has 532 valence electrons. The Morgan fingerprint density at radius 1 is 0.500 bits per heavy atom. The summed E-state index contributed by atoms with van der Waals surface area (Å²) < 4.78 is 27.2. The van der Waals surface area contributed by atoms with Gasteiger partial charge in [0.2, 0.25) is 0 Å². The van der Waals surface area contributed by atoms with Gasteiger partial charge in [0.05, 0.1) is 43.1 Å². The number of hydrogen-bond acceptors (Lipinski definition) is 20. The number of anilines is 3. The molecule has 9 aliphatic rings. The van der Waals surface area contributed by atoms with E-state index in [1.54, 1.807) is 12.4 Å². The Bertz CT molecular complexity index is 3610. The maximum atomic E-state index is 12.7. The second kappa shape index (κ2) is 34.3. The minimum Gasteiger partial charge on any atom is -0.759 e. The second-order valence-electron chi connectivity index (χ2n) is 30.1. The van der Waals surface area contributed by atoms with E-state index in [1.807, 2.05) is 95.9 Å². The quantitative estimate of drug-likeness (QED) is 0.0696. The first kappa shape index (κ1) is 76.2. The van der Waals surface area contributed by atoms with E-state index >= 15 is 0 Å². The number of carbonyl (C=O) groups is 2. The Hall–Kier alpha value is -4.92. The SMILES string of the molecule is BrC1CCOCC1.CC(C)(C)OC(=O)N[C@@H]1c2ccccc2CC12CCN(c1cnc(SC3CCOCC3)cn1)CC2.CC(C)(C)OC(=O)N[C@@H]1c2ccccc2CC12CCN(c1cnc([S-])cn1)CC2.N[C@@H]1c2ccccc2CC12CCN(c1cnc(SC3CCOCC3)cn1)CC2.[Na+]. The number of piperidine rings is 3. The maximum Gasteiger partial charge on any atom is 1.00 e. The molecule has 6 saturated heterocycles. The number of benzene rings is 3. The Labute approximate surface area is 636 Å². The monoisotopic (exact) mass is 1490 g/mol. The van der Waals surface area contributed by atoms with Gasteiger partial charge in [-0.25, -0.2) is 34.5 Å². The molecule has 100 heavy (non-hydrogen) atoms. The average Bonchev–Trinajstić information content (AvgIpc) is 1.60. The molecule has 2 amide bonds. The normalized spacial score (nSPS) is 22.3. The van der Waals surface area contributed by atoms with Gasteiger partial charge >= 0.3 is 41.7 Å². The number of amides is 2. The third-order valence-corrected chi connectivity index (χ3v) is 24.8. The molecular weight excluding hydrogens is 1390 g/mol. The number of halogens is 1. The maximum absolute atomic E-state index is 12.7. The van der Waals surface area contributed by atoms with Crippen molar-refractivity contribution in [2.45, 2.75) is 198 Å². The molecule has 0 bridgehead atoms. The molecule has 0 saturated carbocycles. The zero-order valence-corrected chi connectivity index (χ0v) is 65.5. The van der Waals surface area contributed by atoms with E-state index in [0.717, 1.165) is 195 Å². The van der Waals surface area contributed by atoms with Crippen LogP contribution in [-0.4, -0.2) is 148 Å². The zero-order valence-electron chi connectivity index (χ0n) is 59.5. The van der Waals surface area contributed by atoms with Crippen molar-refractivity contribution < 1.29 is 62.8 Å². The van der Waals surface area contributed by atoms with Crippen LogP contribution in [0.4, 0.5) is 27.0 Å². The number of rotatable bonds is 9. The molecule has 24 heteroatoms. The Morgan fingerprint density at radius 2 is 0.840 bits per heavy atom. The average molecular weight is 1490 g/mol. The van der Waals surface area contributed by atoms with Crippen LogP contribution in [0.25, 0.3) is 0 Å². The first-order valence-electron chi connectivity index (χ1n) is 35.8. The molecule has 3 aliphatic carbocycles. The van der Waals surface area contributed by atoms with Crippen LogP contribution in [0.5, 0.6) is 0 Å². The molecule has 3 spiro atoms. The standard InChI is InChI=1S/C27H36N4O3S.C22H28N4O2S.C22H28N4OS.C5H9BrO.Na/c1-26(2,3)34-25(32)30-24-21-7-5-4-6-19(21)16-27(24)10-12-31(13-11-27)22-17-29-23(18-28-22)35-20-8-14-33-15-9-20;1-21(2,3)28-20(27)25-19-16-7-5-4-6-15(16)12-22(19)8-10-26(11-9-22)17-13-24-18(29)14-23-17;23-21-18-4-2-1-3-16(18)13-22(21)7-9-26(10-8-22)19-14-25-20(15-24-19)28-17-5-11-27-12-6-17;6-5-1-3-7-4-2-5;/h4-7,17-18,20,24H,8-16H2,1-3H3,(H,30,32);4-7,13-14,19H,8-12H2,1-3H3,(H,24,29)(H,25,27);1-4,14-15,17,21H,5-13,23H2;5H,1-4H2;/q;;;;+1/p-1/t24-;19-;21-;;/m111../s1. The van der Waals surface area contributed by atoms with Crippen LogP contribution in [0.3, 0.4) is 0 Å². The van der Waals surface area contributed by atoms with Crippen molar-refractivity contribution in [2.75, 3.05) is 93.6 Å². The molecule has 6 fully saturated rings. The number of nitrogens with zero attached hydrogens (tertiary/aromatic N) is 9. The fourth-order valence-electron chi connectivity index (χ4n) is 15.8. The molecule has 6 aromatic rings. The molecule has 9 heterocycles. The van der Waals surface area contributed by atoms with Gasteiger partial charge in [-0.1, -0.05) is 93.8 Å². The van der Waals surface area contributed by atoms with Crippen molar-refractivity contribution in [3.63, 3.8) is 0 Å². The molecule has 6 aliphatic heterocycles. The molecule has 0 unspecified atom stereocenters. The van der Waals surface area contributed by atoms with Crippen molar-refractivity contribution >= 4 is 81.7 Å². The van der Waals surface area contributed by atoms with Crippen molar-refractivity contribution in [1.29, 1.82) is 0 Å². The smallest absolute Gasteiger partial charge is 0.759 e. The van der Waals surface area contributed by atoms with Gasteiger partial charge < -0.3 is 67.4 Å². The van der Waals surface area contributed by atoms with Crippen molar-refractivity contribution in [1.82, 2.24) is 40.5 Å². The van der Waals surface area contributed by atoms with Crippen LogP contribution in [0.1, 0.15) is 170 Å². The summed E-state index contributed by atoms with van der Waals surface area (Å²) in [5.41, 5.74) is 13.7. The molecule has 3 aromatic heterocycles. The Kier molecular flexibility index (Phi) is 26.2. The van der Waals surface area contributed by atoms with Crippen molar-refractivity contribution in [2.24, 2.45) is 22.0 Å². The van der Waals surface area contributed by atoms with E-state index in [2.05, 4.69) is 123 Å². The van der Waals surface area contributed by atoms with E-state index in [1.165, 1.54) is 46.2 Å². The predicted molar refractivity (Wildman–Crippen MR) is 397 cm³/mol. The minimum absolute atomic E-state index is 0. The fraction of sp³-hybridized carbons (Fsp3) is 0.579. The summed E-state index contributed by atoms with van der Waals surface area (Å²) in [4.78, 5) is 60.5. The molecule has 3 aromatic carbocycles. The van der Waals surface area contributed by atoms with E-state index in [4.69, 9.17) is 57.0 Å². The van der Waals surface area contributed by atoms with Crippen molar-refractivity contribution in [3.05, 3.63) is 143 Å². The summed E-state index contributed by atoms with van der Waals surface area (Å²) in [7, 11) is 0. The number of fused-ring (bicyclic) bond motifs is 3. The van der Waals surface area contributed by atoms with E-state index in [0.29, 0.717) is 15.5 Å². The van der Waals surface area contributed by atoms with E-state index in [9.17, 15) is 9.59 Å². The summed E-state index contributed by atoms with van der Waals surface area (Å²) in [6.07, 6.45) is 26.3. The number of alkyl carbamates (subject to hydrolysis) is 2.